The van der Waals surface area contributed by atoms with Crippen LogP contribution in [0.15, 0.2) is 18.2 Å². The fourth-order valence-electron chi connectivity index (χ4n) is 1.63. The number of rotatable bonds is 4. The molecule has 0 aliphatic rings. The summed E-state index contributed by atoms with van der Waals surface area (Å²) in [5.41, 5.74) is 1.68. The van der Waals surface area contributed by atoms with E-state index in [0.29, 0.717) is 12.0 Å². The van der Waals surface area contributed by atoms with E-state index in [2.05, 4.69) is 0 Å². The lowest BCUT2D eigenvalue weighted by atomic mass is 9.94. The monoisotopic (exact) mass is 209 g/mol. The summed E-state index contributed by atoms with van der Waals surface area (Å²) in [6.45, 7) is 3.66. The Bertz CT molecular complexity index is 363. The summed E-state index contributed by atoms with van der Waals surface area (Å²) in [5.74, 6) is -0.0609. The summed E-state index contributed by atoms with van der Waals surface area (Å²) in [7, 11) is 0. The maximum Gasteiger partial charge on any atom is 0.210 e. The summed E-state index contributed by atoms with van der Waals surface area (Å²) in [6, 6.07) is 5.19. The van der Waals surface area contributed by atoms with Crippen molar-refractivity contribution in [2.45, 2.75) is 26.2 Å². The van der Waals surface area contributed by atoms with Crippen LogP contribution in [0.5, 0.6) is 5.75 Å². The maximum atomic E-state index is 10.5. The number of nitro groups is 1. The first-order valence-corrected chi connectivity index (χ1v) is 4.96. The van der Waals surface area contributed by atoms with E-state index in [9.17, 15) is 15.2 Å². The highest BCUT2D eigenvalue weighted by Gasteiger charge is 2.18. The van der Waals surface area contributed by atoms with E-state index in [1.165, 1.54) is 0 Å². The van der Waals surface area contributed by atoms with E-state index < -0.39 is 0 Å². The van der Waals surface area contributed by atoms with Gasteiger partial charge in [-0.1, -0.05) is 24.6 Å². The molecule has 0 aromatic heterocycles. The Morgan fingerprint density at radius 1 is 1.53 bits per heavy atom. The Morgan fingerprint density at radius 2 is 2.20 bits per heavy atom. The van der Waals surface area contributed by atoms with Gasteiger partial charge in [-0.05, 0) is 19.4 Å². The Morgan fingerprint density at radius 3 is 2.73 bits per heavy atom. The number of phenolic OH excluding ortho intramolecular Hbond substituents is 1. The third-order valence-electron chi connectivity index (χ3n) is 2.49. The highest BCUT2D eigenvalue weighted by Crippen LogP contribution is 2.29. The highest BCUT2D eigenvalue weighted by atomic mass is 16.6. The van der Waals surface area contributed by atoms with Crippen LogP contribution in [0.25, 0.3) is 0 Å². The molecule has 1 rings (SSSR count). The number of hydrogen-bond donors (Lipinski definition) is 1. The summed E-state index contributed by atoms with van der Waals surface area (Å²) in [5, 5.41) is 20.1. The molecule has 4 heteroatoms. The van der Waals surface area contributed by atoms with Gasteiger partial charge in [-0.15, -0.1) is 0 Å². The van der Waals surface area contributed by atoms with E-state index >= 15 is 0 Å². The van der Waals surface area contributed by atoms with E-state index in [1.54, 1.807) is 12.1 Å². The molecule has 1 N–H and O–H groups in total. The Balaban J connectivity index is 3.00. The van der Waals surface area contributed by atoms with Crippen molar-refractivity contribution in [2.24, 2.45) is 0 Å². The van der Waals surface area contributed by atoms with Gasteiger partial charge in [0.2, 0.25) is 6.54 Å². The van der Waals surface area contributed by atoms with Crippen molar-refractivity contribution in [3.05, 3.63) is 39.4 Å². The maximum absolute atomic E-state index is 10.5. The predicted molar refractivity (Wildman–Crippen MR) is 57.7 cm³/mol. The third kappa shape index (κ3) is 2.94. The van der Waals surface area contributed by atoms with Gasteiger partial charge in [-0.3, -0.25) is 10.1 Å². The topological polar surface area (TPSA) is 63.4 Å². The van der Waals surface area contributed by atoms with Crippen LogP contribution >= 0.6 is 0 Å². The zero-order valence-electron chi connectivity index (χ0n) is 8.93. The lowest BCUT2D eigenvalue weighted by molar-refractivity contribution is -0.483. The van der Waals surface area contributed by atoms with Crippen LogP contribution in [0, 0.1) is 17.0 Å². The molecule has 0 aliphatic heterocycles. The second-order valence-corrected chi connectivity index (χ2v) is 3.68. The van der Waals surface area contributed by atoms with E-state index in [0.717, 1.165) is 5.56 Å². The summed E-state index contributed by atoms with van der Waals surface area (Å²) in [4.78, 5) is 10.1. The van der Waals surface area contributed by atoms with Crippen LogP contribution in [0.1, 0.15) is 30.4 Å². The van der Waals surface area contributed by atoms with Crippen LogP contribution in [0.4, 0.5) is 0 Å². The smallest absolute Gasteiger partial charge is 0.210 e. The zero-order chi connectivity index (χ0) is 11.4. The average Bonchev–Trinajstić information content (AvgIpc) is 2.18. The highest BCUT2D eigenvalue weighted by molar-refractivity contribution is 5.38. The van der Waals surface area contributed by atoms with E-state index in [-0.39, 0.29) is 23.1 Å². The molecule has 0 aliphatic carbocycles. The molecule has 15 heavy (non-hydrogen) atoms. The molecule has 0 fully saturated rings. The van der Waals surface area contributed by atoms with E-state index in [1.807, 2.05) is 19.9 Å². The molecule has 0 heterocycles. The second-order valence-electron chi connectivity index (χ2n) is 3.68. The molecule has 0 amide bonds. The van der Waals surface area contributed by atoms with Crippen molar-refractivity contribution >= 4 is 0 Å². The molecule has 1 aromatic rings. The van der Waals surface area contributed by atoms with Crippen molar-refractivity contribution in [1.82, 2.24) is 0 Å². The zero-order valence-corrected chi connectivity index (χ0v) is 8.93. The minimum atomic E-state index is -0.337. The normalized spacial score (nSPS) is 12.4. The van der Waals surface area contributed by atoms with Crippen molar-refractivity contribution in [1.29, 1.82) is 0 Å². The third-order valence-corrected chi connectivity index (χ3v) is 2.49. The van der Waals surface area contributed by atoms with E-state index in [4.69, 9.17) is 0 Å². The van der Waals surface area contributed by atoms with Crippen molar-refractivity contribution < 1.29 is 10.0 Å². The van der Waals surface area contributed by atoms with Gasteiger partial charge >= 0.3 is 0 Å². The fraction of sp³-hybridized carbons (Fsp3) is 0.455. The molecule has 0 saturated heterocycles. The molecular formula is C11H15NO3. The van der Waals surface area contributed by atoms with Crippen molar-refractivity contribution in [2.75, 3.05) is 6.54 Å². The molecule has 82 valence electrons. The SMILES string of the molecule is CC[C@@H](C[N+](=O)[O-])c1cc(C)ccc1O. The first-order chi connectivity index (χ1) is 7.04. The molecule has 0 spiro atoms. The number of nitrogens with zero attached hydrogens (tertiary/aromatic N) is 1. The predicted octanol–water partition coefficient (Wildman–Crippen LogP) is 2.47. The number of phenols is 1. The molecule has 1 atom stereocenters. The number of hydrogen-bond acceptors (Lipinski definition) is 3. The number of aryl methyl sites for hydroxylation is 1. The molecule has 1 aromatic carbocycles. The van der Waals surface area contributed by atoms with Crippen LogP contribution in [0.3, 0.4) is 0 Å². The molecule has 0 bridgehead atoms. The molecule has 0 radical (unpaired) electrons. The lowest BCUT2D eigenvalue weighted by Crippen LogP contribution is -2.12. The minimum Gasteiger partial charge on any atom is -0.508 e. The fourth-order valence-corrected chi connectivity index (χ4v) is 1.63. The van der Waals surface area contributed by atoms with Crippen molar-refractivity contribution in [3.63, 3.8) is 0 Å². The van der Waals surface area contributed by atoms with Crippen LogP contribution in [-0.2, 0) is 0 Å². The van der Waals surface area contributed by atoms with Gasteiger partial charge in [-0.2, -0.15) is 0 Å². The molecule has 0 saturated carbocycles. The van der Waals surface area contributed by atoms with Gasteiger partial charge in [0, 0.05) is 10.5 Å². The van der Waals surface area contributed by atoms with Crippen molar-refractivity contribution in [3.8, 4) is 5.75 Å². The van der Waals surface area contributed by atoms with Gasteiger partial charge < -0.3 is 5.11 Å². The van der Waals surface area contributed by atoms with Gasteiger partial charge in [-0.25, -0.2) is 0 Å². The largest absolute Gasteiger partial charge is 0.508 e. The summed E-state index contributed by atoms with van der Waals surface area (Å²) < 4.78 is 0. The molecular weight excluding hydrogens is 194 g/mol. The quantitative estimate of drug-likeness (QED) is 0.612. The van der Waals surface area contributed by atoms with Gasteiger partial charge in [0.25, 0.3) is 0 Å². The Kier molecular flexibility index (Phi) is 3.66. The first-order valence-electron chi connectivity index (χ1n) is 4.96. The molecule has 4 nitrogen and oxygen atoms in total. The molecule has 0 unspecified atom stereocenters. The van der Waals surface area contributed by atoms with Crippen LogP contribution < -0.4 is 0 Å². The standard InChI is InChI=1S/C11H15NO3/c1-3-9(7-12(14)15)10-6-8(2)4-5-11(10)13/h4-6,9,13H,3,7H2,1-2H3/t9-/m0/s1. The Hall–Kier alpha value is -1.58. The summed E-state index contributed by atoms with van der Waals surface area (Å²) in [6.07, 6.45) is 0.651. The van der Waals surface area contributed by atoms with Crippen LogP contribution in [-0.4, -0.2) is 16.6 Å². The number of aromatic hydroxyl groups is 1. The lowest BCUT2D eigenvalue weighted by Gasteiger charge is -2.13. The summed E-state index contributed by atoms with van der Waals surface area (Å²) >= 11 is 0. The average molecular weight is 209 g/mol. The van der Waals surface area contributed by atoms with Gasteiger partial charge in [0.05, 0.1) is 5.92 Å². The van der Waals surface area contributed by atoms with Gasteiger partial charge in [0.1, 0.15) is 5.75 Å². The number of benzene rings is 1. The Labute approximate surface area is 88.7 Å². The van der Waals surface area contributed by atoms with Gasteiger partial charge in [0.15, 0.2) is 0 Å². The second kappa shape index (κ2) is 4.77. The van der Waals surface area contributed by atoms with Crippen LogP contribution in [0.2, 0.25) is 0 Å². The first kappa shape index (κ1) is 11.5. The minimum absolute atomic E-state index is 0.131.